The lowest BCUT2D eigenvalue weighted by Gasteiger charge is -2.12. The van der Waals surface area contributed by atoms with Crippen LogP contribution in [0.15, 0.2) is 53.0 Å². The Labute approximate surface area is 151 Å². The monoisotopic (exact) mass is 352 g/mol. The van der Waals surface area contributed by atoms with Crippen LogP contribution in [0.1, 0.15) is 12.5 Å². The van der Waals surface area contributed by atoms with Gasteiger partial charge in [0.25, 0.3) is 0 Å². The second-order valence-corrected chi connectivity index (χ2v) is 5.53. The van der Waals surface area contributed by atoms with E-state index in [0.717, 1.165) is 22.1 Å². The van der Waals surface area contributed by atoms with Crippen LogP contribution in [0.2, 0.25) is 0 Å². The van der Waals surface area contributed by atoms with Gasteiger partial charge in [0, 0.05) is 17.0 Å². The van der Waals surface area contributed by atoms with E-state index < -0.39 is 5.97 Å². The highest BCUT2D eigenvalue weighted by molar-refractivity contribution is 5.91. The molecule has 5 heteroatoms. The van der Waals surface area contributed by atoms with E-state index in [4.69, 9.17) is 18.6 Å². The minimum Gasteiger partial charge on any atom is -0.493 e. The van der Waals surface area contributed by atoms with E-state index in [1.54, 1.807) is 33.3 Å². The summed E-state index contributed by atoms with van der Waals surface area (Å²) in [6.07, 6.45) is 3.07. The van der Waals surface area contributed by atoms with Crippen molar-refractivity contribution in [3.63, 3.8) is 0 Å². The fraction of sp³-hybridized carbons (Fsp3) is 0.190. The van der Waals surface area contributed by atoms with Gasteiger partial charge >= 0.3 is 5.97 Å². The van der Waals surface area contributed by atoms with Crippen molar-refractivity contribution in [2.75, 3.05) is 20.8 Å². The number of ether oxygens (including phenoxy) is 3. The molecule has 0 bridgehead atoms. The van der Waals surface area contributed by atoms with Crippen LogP contribution in [0, 0.1) is 0 Å². The van der Waals surface area contributed by atoms with Crippen molar-refractivity contribution in [1.29, 1.82) is 0 Å². The molecule has 26 heavy (non-hydrogen) atoms. The van der Waals surface area contributed by atoms with Gasteiger partial charge in [0.1, 0.15) is 11.3 Å². The number of furan rings is 1. The number of rotatable bonds is 6. The third-order valence-electron chi connectivity index (χ3n) is 3.93. The molecule has 2 aromatic carbocycles. The van der Waals surface area contributed by atoms with Gasteiger partial charge in [0.15, 0.2) is 11.5 Å². The van der Waals surface area contributed by atoms with Crippen molar-refractivity contribution in [1.82, 2.24) is 0 Å². The van der Waals surface area contributed by atoms with E-state index in [0.29, 0.717) is 23.9 Å². The highest BCUT2D eigenvalue weighted by Gasteiger charge is 2.15. The molecule has 0 atom stereocenters. The fourth-order valence-electron chi connectivity index (χ4n) is 2.71. The summed E-state index contributed by atoms with van der Waals surface area (Å²) < 4.78 is 21.7. The molecule has 3 aromatic rings. The summed E-state index contributed by atoms with van der Waals surface area (Å²) in [4.78, 5) is 11.7. The van der Waals surface area contributed by atoms with Gasteiger partial charge in [-0.15, -0.1) is 0 Å². The average Bonchev–Trinajstić information content (AvgIpc) is 3.09. The average molecular weight is 352 g/mol. The molecule has 0 spiro atoms. The van der Waals surface area contributed by atoms with E-state index >= 15 is 0 Å². The zero-order valence-corrected chi connectivity index (χ0v) is 14.9. The topological polar surface area (TPSA) is 57.9 Å². The second-order valence-electron chi connectivity index (χ2n) is 5.53. The Hall–Kier alpha value is -3.21. The highest BCUT2D eigenvalue weighted by Crippen LogP contribution is 2.38. The summed E-state index contributed by atoms with van der Waals surface area (Å²) in [7, 11) is 3.14. The van der Waals surface area contributed by atoms with Crippen LogP contribution in [0.25, 0.3) is 28.4 Å². The molecular formula is C21H20O5. The minimum absolute atomic E-state index is 0.325. The Morgan fingerprint density at radius 1 is 1.08 bits per heavy atom. The van der Waals surface area contributed by atoms with Gasteiger partial charge in [0.05, 0.1) is 20.8 Å². The third kappa shape index (κ3) is 3.57. The first kappa shape index (κ1) is 17.6. The number of benzene rings is 2. The lowest BCUT2D eigenvalue weighted by Crippen LogP contribution is -1.99. The maximum absolute atomic E-state index is 11.7. The molecule has 0 aliphatic rings. The van der Waals surface area contributed by atoms with Crippen LogP contribution >= 0.6 is 0 Å². The van der Waals surface area contributed by atoms with Crippen LogP contribution in [0.5, 0.6) is 11.5 Å². The van der Waals surface area contributed by atoms with Gasteiger partial charge in [0.2, 0.25) is 0 Å². The maximum Gasteiger partial charge on any atom is 0.330 e. The lowest BCUT2D eigenvalue weighted by molar-refractivity contribution is -0.137. The molecule has 134 valence electrons. The van der Waals surface area contributed by atoms with Crippen LogP contribution in [0.3, 0.4) is 0 Å². The van der Waals surface area contributed by atoms with Crippen LogP contribution in [-0.4, -0.2) is 26.8 Å². The van der Waals surface area contributed by atoms with Gasteiger partial charge in [-0.3, -0.25) is 0 Å². The molecule has 0 fully saturated rings. The predicted octanol–water partition coefficient (Wildman–Crippen LogP) is 4.69. The summed E-state index contributed by atoms with van der Waals surface area (Å²) in [5.74, 6) is 1.42. The number of hydrogen-bond donors (Lipinski definition) is 0. The number of methoxy groups -OCH3 is 2. The first-order chi connectivity index (χ1) is 12.7. The summed E-state index contributed by atoms with van der Waals surface area (Å²) in [5.41, 5.74) is 2.34. The first-order valence-electron chi connectivity index (χ1n) is 8.26. The van der Waals surface area contributed by atoms with E-state index in [1.807, 2.05) is 36.4 Å². The minimum atomic E-state index is -0.405. The molecule has 0 radical (unpaired) electrons. The van der Waals surface area contributed by atoms with Gasteiger partial charge in [-0.05, 0) is 42.8 Å². The molecule has 0 aliphatic heterocycles. The summed E-state index contributed by atoms with van der Waals surface area (Å²) in [5, 5.41) is 0.998. The Bertz CT molecular complexity index is 919. The summed E-state index contributed by atoms with van der Waals surface area (Å²) in [6, 6.07) is 13.4. The fourth-order valence-corrected chi connectivity index (χ4v) is 2.71. The van der Waals surface area contributed by atoms with Crippen molar-refractivity contribution in [3.05, 3.63) is 54.1 Å². The third-order valence-corrected chi connectivity index (χ3v) is 3.93. The summed E-state index contributed by atoms with van der Waals surface area (Å²) >= 11 is 0. The molecule has 5 nitrogen and oxygen atoms in total. The maximum atomic E-state index is 11.7. The number of hydrogen-bond acceptors (Lipinski definition) is 5. The van der Waals surface area contributed by atoms with E-state index in [-0.39, 0.29) is 0 Å². The standard InChI is InChI=1S/C21H20O5/c1-4-25-21(22)10-9-14-11-19(23-2)20(24-3)13-16(14)18-12-15-7-5-6-8-17(15)26-18/h5-13H,4H2,1-3H3/b10-9+. The molecular weight excluding hydrogens is 332 g/mol. The molecule has 1 heterocycles. The lowest BCUT2D eigenvalue weighted by atomic mass is 10.0. The van der Waals surface area contributed by atoms with Gasteiger partial charge in [-0.25, -0.2) is 4.79 Å². The number of fused-ring (bicyclic) bond motifs is 1. The highest BCUT2D eigenvalue weighted by atomic mass is 16.5. The van der Waals surface area contributed by atoms with Gasteiger partial charge in [-0.2, -0.15) is 0 Å². The SMILES string of the molecule is CCOC(=O)/C=C/c1cc(OC)c(OC)cc1-c1cc2ccccc2o1. The van der Waals surface area contributed by atoms with Crippen LogP contribution in [0.4, 0.5) is 0 Å². The summed E-state index contributed by atoms with van der Waals surface area (Å²) in [6.45, 7) is 2.09. The Morgan fingerprint density at radius 3 is 2.50 bits per heavy atom. The Morgan fingerprint density at radius 2 is 1.81 bits per heavy atom. The molecule has 0 aliphatic carbocycles. The van der Waals surface area contributed by atoms with E-state index in [1.165, 1.54) is 6.08 Å². The van der Waals surface area contributed by atoms with E-state index in [2.05, 4.69) is 0 Å². The van der Waals surface area contributed by atoms with Crippen molar-refractivity contribution in [2.24, 2.45) is 0 Å². The van der Waals surface area contributed by atoms with Crippen LogP contribution < -0.4 is 9.47 Å². The molecule has 0 unspecified atom stereocenters. The Balaban J connectivity index is 2.13. The largest absolute Gasteiger partial charge is 0.493 e. The molecule has 0 saturated carbocycles. The number of esters is 1. The van der Waals surface area contributed by atoms with Crippen molar-refractivity contribution >= 4 is 23.0 Å². The Kier molecular flexibility index (Phi) is 5.27. The normalized spacial score (nSPS) is 11.0. The predicted molar refractivity (Wildman–Crippen MR) is 100 cm³/mol. The molecule has 0 N–H and O–H groups in total. The molecule has 3 rings (SSSR count). The smallest absolute Gasteiger partial charge is 0.330 e. The van der Waals surface area contributed by atoms with Gasteiger partial charge in [-0.1, -0.05) is 18.2 Å². The van der Waals surface area contributed by atoms with Crippen molar-refractivity contribution in [3.8, 4) is 22.8 Å². The first-order valence-corrected chi connectivity index (χ1v) is 8.26. The van der Waals surface area contributed by atoms with E-state index in [9.17, 15) is 4.79 Å². The molecule has 1 aromatic heterocycles. The van der Waals surface area contributed by atoms with Crippen molar-refractivity contribution < 1.29 is 23.4 Å². The second kappa shape index (κ2) is 7.78. The number of carbonyl (C=O) groups is 1. The number of carbonyl (C=O) groups excluding carboxylic acids is 1. The zero-order valence-electron chi connectivity index (χ0n) is 14.9. The number of para-hydroxylation sites is 1. The van der Waals surface area contributed by atoms with Crippen LogP contribution in [-0.2, 0) is 9.53 Å². The van der Waals surface area contributed by atoms with Crippen molar-refractivity contribution in [2.45, 2.75) is 6.92 Å². The zero-order chi connectivity index (χ0) is 18.5. The quantitative estimate of drug-likeness (QED) is 0.476. The molecule has 0 amide bonds. The van der Waals surface area contributed by atoms with Gasteiger partial charge < -0.3 is 18.6 Å². The molecule has 0 saturated heterocycles.